The van der Waals surface area contributed by atoms with E-state index in [1.165, 1.54) is 60.4 Å². The monoisotopic (exact) mass is 468 g/mol. The van der Waals surface area contributed by atoms with E-state index in [0.29, 0.717) is 23.8 Å². The zero-order valence-corrected chi connectivity index (χ0v) is 19.6. The molecule has 1 aliphatic heterocycles. The highest BCUT2D eigenvalue weighted by atomic mass is 32.1. The molecule has 1 saturated heterocycles. The van der Waals surface area contributed by atoms with Crippen molar-refractivity contribution in [3.8, 4) is 5.75 Å². The molecule has 3 aromatic rings. The van der Waals surface area contributed by atoms with Gasteiger partial charge in [0.25, 0.3) is 5.91 Å². The van der Waals surface area contributed by atoms with Crippen molar-refractivity contribution in [2.24, 2.45) is 5.92 Å². The number of likely N-dealkylation sites (tertiary alicyclic amines) is 1. The predicted molar refractivity (Wildman–Crippen MR) is 128 cm³/mol. The van der Waals surface area contributed by atoms with E-state index in [-0.39, 0.29) is 11.7 Å². The highest BCUT2D eigenvalue weighted by Gasteiger charge is 2.21. The minimum absolute atomic E-state index is 0.319. The summed E-state index contributed by atoms with van der Waals surface area (Å²) in [5.74, 6) is 1.01. The summed E-state index contributed by atoms with van der Waals surface area (Å²) in [6.07, 6.45) is 4.65. The number of carbonyl (C=O) groups excluding carboxylic acids is 1. The van der Waals surface area contributed by atoms with Crippen LogP contribution in [0.1, 0.15) is 46.6 Å². The molecule has 0 saturated carbocycles. The van der Waals surface area contributed by atoms with Crippen molar-refractivity contribution in [2.75, 3.05) is 25.0 Å². The highest BCUT2D eigenvalue weighted by Crippen LogP contribution is 2.25. The fourth-order valence-electron chi connectivity index (χ4n) is 4.04. The fraction of sp³-hybridized carbons (Fsp3) is 0.400. The van der Waals surface area contributed by atoms with Crippen LogP contribution in [0.25, 0.3) is 0 Å². The van der Waals surface area contributed by atoms with Crippen LogP contribution in [0.5, 0.6) is 5.75 Å². The molecule has 0 unspecified atom stereocenters. The second kappa shape index (κ2) is 11.3. The van der Waals surface area contributed by atoms with Gasteiger partial charge in [-0.25, -0.2) is 4.39 Å². The molecule has 2 heterocycles. The first kappa shape index (κ1) is 23.3. The number of hydrogen-bond acceptors (Lipinski definition) is 6. The normalized spacial score (nSPS) is 14.8. The average Bonchev–Trinajstić information content (AvgIpc) is 3.30. The van der Waals surface area contributed by atoms with Gasteiger partial charge in [0.2, 0.25) is 5.01 Å². The predicted octanol–water partition coefficient (Wildman–Crippen LogP) is 5.17. The molecule has 1 fully saturated rings. The van der Waals surface area contributed by atoms with Crippen molar-refractivity contribution < 1.29 is 13.9 Å². The molecule has 1 amide bonds. The number of benzene rings is 2. The van der Waals surface area contributed by atoms with Gasteiger partial charge in [0, 0.05) is 5.69 Å². The molecule has 0 spiro atoms. The first-order valence-electron chi connectivity index (χ1n) is 11.4. The van der Waals surface area contributed by atoms with Crippen molar-refractivity contribution >= 4 is 22.9 Å². The number of hydrogen-bond donors (Lipinski definition) is 1. The van der Waals surface area contributed by atoms with Crippen LogP contribution >= 0.6 is 11.3 Å². The molecular weight excluding hydrogens is 439 g/mol. The number of rotatable bonds is 9. The lowest BCUT2D eigenvalue weighted by molar-refractivity contribution is 0.102. The van der Waals surface area contributed by atoms with Gasteiger partial charge in [-0.3, -0.25) is 9.69 Å². The van der Waals surface area contributed by atoms with Crippen LogP contribution in [0.2, 0.25) is 0 Å². The Labute approximate surface area is 197 Å². The van der Waals surface area contributed by atoms with Crippen molar-refractivity contribution in [3.63, 3.8) is 0 Å². The van der Waals surface area contributed by atoms with Gasteiger partial charge < -0.3 is 10.1 Å². The molecular formula is C25H29FN4O2S. The minimum Gasteiger partial charge on any atom is -0.494 e. The van der Waals surface area contributed by atoms with Crippen LogP contribution in [0.3, 0.4) is 0 Å². The first-order valence-corrected chi connectivity index (χ1v) is 12.2. The van der Waals surface area contributed by atoms with E-state index >= 15 is 0 Å². The minimum atomic E-state index is -0.342. The van der Waals surface area contributed by atoms with Crippen LogP contribution in [-0.2, 0) is 13.0 Å². The Kier molecular flexibility index (Phi) is 8.01. The maximum Gasteiger partial charge on any atom is 0.286 e. The second-order valence-corrected chi connectivity index (χ2v) is 9.36. The number of carbonyl (C=O) groups is 1. The van der Waals surface area contributed by atoms with Gasteiger partial charge in [-0.05, 0) is 93.6 Å². The van der Waals surface area contributed by atoms with Gasteiger partial charge in [0.15, 0.2) is 0 Å². The number of aryl methyl sites for hydroxylation is 1. The molecule has 4 rings (SSSR count). The van der Waals surface area contributed by atoms with E-state index in [1.807, 2.05) is 6.92 Å². The quantitative estimate of drug-likeness (QED) is 0.469. The second-order valence-electron chi connectivity index (χ2n) is 8.30. The number of ether oxygens (including phenoxy) is 1. The summed E-state index contributed by atoms with van der Waals surface area (Å²) in [5.41, 5.74) is 1.90. The number of amides is 1. The molecule has 33 heavy (non-hydrogen) atoms. The van der Waals surface area contributed by atoms with Gasteiger partial charge >= 0.3 is 0 Å². The van der Waals surface area contributed by atoms with E-state index in [4.69, 9.17) is 4.74 Å². The summed E-state index contributed by atoms with van der Waals surface area (Å²) in [4.78, 5) is 14.8. The maximum atomic E-state index is 13.0. The summed E-state index contributed by atoms with van der Waals surface area (Å²) in [6.45, 7) is 5.47. The molecule has 6 nitrogen and oxygen atoms in total. The summed E-state index contributed by atoms with van der Waals surface area (Å²) >= 11 is 1.31. The molecule has 1 N–H and O–H groups in total. The summed E-state index contributed by atoms with van der Waals surface area (Å²) < 4.78 is 18.5. The SMILES string of the molecule is CCOc1ccc(CCC2CCN(Cc3nnc(C(=O)Nc4ccc(F)cc4)s3)CC2)cc1. The van der Waals surface area contributed by atoms with Crippen molar-refractivity contribution in [2.45, 2.75) is 39.2 Å². The Bertz CT molecular complexity index is 1030. The van der Waals surface area contributed by atoms with Crippen molar-refractivity contribution in [3.05, 3.63) is 69.9 Å². The summed E-state index contributed by atoms with van der Waals surface area (Å²) in [7, 11) is 0. The summed E-state index contributed by atoms with van der Waals surface area (Å²) in [6, 6.07) is 14.1. The Hall–Kier alpha value is -2.84. The molecule has 0 radical (unpaired) electrons. The lowest BCUT2D eigenvalue weighted by atomic mass is 9.90. The fourth-order valence-corrected chi connectivity index (χ4v) is 4.82. The first-order chi connectivity index (χ1) is 16.1. The zero-order valence-electron chi connectivity index (χ0n) is 18.8. The molecule has 0 atom stereocenters. The van der Waals surface area contributed by atoms with Gasteiger partial charge in [0.1, 0.15) is 16.6 Å². The lowest BCUT2D eigenvalue weighted by Crippen LogP contribution is -2.33. The van der Waals surface area contributed by atoms with E-state index in [1.54, 1.807) is 0 Å². The third kappa shape index (κ3) is 6.82. The zero-order chi connectivity index (χ0) is 23.0. The number of aromatic nitrogens is 2. The molecule has 1 aromatic heterocycles. The van der Waals surface area contributed by atoms with Crippen molar-refractivity contribution in [1.82, 2.24) is 15.1 Å². The number of anilines is 1. The van der Waals surface area contributed by atoms with Gasteiger partial charge in [-0.15, -0.1) is 10.2 Å². The molecule has 8 heteroatoms. The van der Waals surface area contributed by atoms with E-state index < -0.39 is 0 Å². The van der Waals surface area contributed by atoms with Crippen LogP contribution in [0.4, 0.5) is 10.1 Å². The highest BCUT2D eigenvalue weighted by molar-refractivity contribution is 7.13. The van der Waals surface area contributed by atoms with E-state index in [2.05, 4.69) is 44.7 Å². The Morgan fingerprint density at radius 3 is 2.55 bits per heavy atom. The Morgan fingerprint density at radius 2 is 1.85 bits per heavy atom. The maximum absolute atomic E-state index is 13.0. The molecule has 174 valence electrons. The molecule has 2 aromatic carbocycles. The van der Waals surface area contributed by atoms with Crippen LogP contribution in [0.15, 0.2) is 48.5 Å². The topological polar surface area (TPSA) is 67.3 Å². The smallest absolute Gasteiger partial charge is 0.286 e. The number of halogens is 1. The molecule has 0 bridgehead atoms. The Balaban J connectivity index is 1.19. The van der Waals surface area contributed by atoms with Crippen LogP contribution in [-0.4, -0.2) is 40.7 Å². The number of nitrogens with zero attached hydrogens (tertiary/aromatic N) is 3. The third-order valence-corrected chi connectivity index (χ3v) is 6.81. The largest absolute Gasteiger partial charge is 0.494 e. The number of nitrogens with one attached hydrogen (secondary N) is 1. The van der Waals surface area contributed by atoms with Crippen LogP contribution in [0, 0.1) is 11.7 Å². The van der Waals surface area contributed by atoms with Crippen LogP contribution < -0.4 is 10.1 Å². The van der Waals surface area contributed by atoms with E-state index in [0.717, 1.165) is 36.2 Å². The van der Waals surface area contributed by atoms with Gasteiger partial charge in [-0.2, -0.15) is 0 Å². The Morgan fingerprint density at radius 1 is 1.12 bits per heavy atom. The lowest BCUT2D eigenvalue weighted by Gasteiger charge is -2.31. The van der Waals surface area contributed by atoms with Gasteiger partial charge in [0.05, 0.1) is 13.2 Å². The standard InChI is InChI=1S/C25H29FN4O2S/c1-2-32-22-11-5-18(6-12-22)3-4-19-13-15-30(16-14-19)17-23-28-29-25(33-23)24(31)27-21-9-7-20(26)8-10-21/h5-12,19H,2-4,13-17H2,1H3,(H,27,31). The third-order valence-electron chi connectivity index (χ3n) is 5.90. The molecule has 0 aliphatic carbocycles. The van der Waals surface area contributed by atoms with Crippen molar-refractivity contribution in [1.29, 1.82) is 0 Å². The van der Waals surface area contributed by atoms with Gasteiger partial charge in [-0.1, -0.05) is 23.5 Å². The summed E-state index contributed by atoms with van der Waals surface area (Å²) in [5, 5.41) is 12.1. The van der Waals surface area contributed by atoms with E-state index in [9.17, 15) is 9.18 Å². The average molecular weight is 469 g/mol. The molecule has 1 aliphatic rings. The number of piperidine rings is 1.